The van der Waals surface area contributed by atoms with Gasteiger partial charge in [0.2, 0.25) is 0 Å². The normalized spacial score (nSPS) is 24.8. The zero-order chi connectivity index (χ0) is 12.2. The first-order valence-electron chi connectivity index (χ1n) is 7.86. The van der Waals surface area contributed by atoms with Crippen molar-refractivity contribution in [3.05, 3.63) is 0 Å². The van der Waals surface area contributed by atoms with Crippen molar-refractivity contribution in [3.8, 4) is 0 Å². The summed E-state index contributed by atoms with van der Waals surface area (Å²) in [7, 11) is 0. The lowest BCUT2D eigenvalue weighted by Crippen LogP contribution is -2.13. The molecule has 1 rings (SSSR count). The Morgan fingerprint density at radius 1 is 0.750 bits per heavy atom. The van der Waals surface area contributed by atoms with Crippen molar-refractivity contribution in [1.82, 2.24) is 0 Å². The highest BCUT2D eigenvalue weighted by molar-refractivity contribution is 4.71. The predicted molar refractivity (Wildman–Crippen MR) is 75.8 cm³/mol. The first kappa shape index (κ1) is 16.0. The topological polar surface area (TPSA) is 0 Å². The van der Waals surface area contributed by atoms with Gasteiger partial charge in [0.15, 0.2) is 0 Å². The fraction of sp³-hybridized carbons (Fsp3) is 1.00. The average Bonchev–Trinajstić information content (AvgIpc) is 2.38. The molecule has 0 radical (unpaired) electrons. The lowest BCUT2D eigenvalue weighted by molar-refractivity contribution is 0.254. The molecule has 1 aliphatic carbocycles. The Kier molecular flexibility index (Phi) is 11.5. The highest BCUT2D eigenvalue weighted by atomic mass is 14.2. The highest BCUT2D eigenvalue weighted by Gasteiger charge is 2.19. The van der Waals surface area contributed by atoms with Crippen LogP contribution in [0.4, 0.5) is 0 Å². The lowest BCUT2D eigenvalue weighted by Gasteiger charge is -2.27. The maximum Gasteiger partial charge on any atom is -0.0414 e. The van der Waals surface area contributed by atoms with Gasteiger partial charge in [-0.25, -0.2) is 0 Å². The standard InChI is InChI=1S/C14H28.C2H6/c1-3-5-6-7-8-14-11-9-13(4-2)10-12-14;1-2/h13-14H,3-12H2,1-2H3;1-2H3. The number of rotatable bonds is 6. The van der Waals surface area contributed by atoms with Gasteiger partial charge in [0.05, 0.1) is 0 Å². The predicted octanol–water partition coefficient (Wildman–Crippen LogP) is 6.20. The highest BCUT2D eigenvalue weighted by Crippen LogP contribution is 2.33. The molecule has 0 atom stereocenters. The van der Waals surface area contributed by atoms with E-state index in [1.165, 1.54) is 64.2 Å². The Bertz CT molecular complexity index is 120. The summed E-state index contributed by atoms with van der Waals surface area (Å²) >= 11 is 0. The van der Waals surface area contributed by atoms with Gasteiger partial charge in [-0.15, -0.1) is 0 Å². The number of hydrogen-bond acceptors (Lipinski definition) is 0. The first-order chi connectivity index (χ1) is 7.86. The fourth-order valence-electron chi connectivity index (χ4n) is 2.79. The molecule has 0 aromatic carbocycles. The molecule has 0 saturated heterocycles. The molecule has 0 aromatic heterocycles. The van der Waals surface area contributed by atoms with E-state index in [1.807, 2.05) is 13.8 Å². The van der Waals surface area contributed by atoms with E-state index in [1.54, 1.807) is 0 Å². The van der Waals surface area contributed by atoms with Crippen LogP contribution >= 0.6 is 0 Å². The molecule has 0 heteroatoms. The molecule has 0 aromatic rings. The van der Waals surface area contributed by atoms with E-state index in [0.717, 1.165) is 11.8 Å². The second kappa shape index (κ2) is 11.5. The molecule has 0 heterocycles. The van der Waals surface area contributed by atoms with E-state index >= 15 is 0 Å². The van der Waals surface area contributed by atoms with Crippen LogP contribution in [-0.4, -0.2) is 0 Å². The van der Waals surface area contributed by atoms with E-state index < -0.39 is 0 Å². The van der Waals surface area contributed by atoms with Gasteiger partial charge < -0.3 is 0 Å². The van der Waals surface area contributed by atoms with Crippen molar-refractivity contribution in [2.75, 3.05) is 0 Å². The van der Waals surface area contributed by atoms with Gasteiger partial charge in [-0.1, -0.05) is 91.9 Å². The van der Waals surface area contributed by atoms with Crippen molar-refractivity contribution in [2.45, 2.75) is 91.9 Å². The second-order valence-electron chi connectivity index (χ2n) is 5.14. The Morgan fingerprint density at radius 3 is 1.81 bits per heavy atom. The summed E-state index contributed by atoms with van der Waals surface area (Å²) in [5, 5.41) is 0. The van der Waals surface area contributed by atoms with Gasteiger partial charge in [-0.2, -0.15) is 0 Å². The average molecular weight is 226 g/mol. The van der Waals surface area contributed by atoms with Crippen LogP contribution < -0.4 is 0 Å². The van der Waals surface area contributed by atoms with Crippen LogP contribution in [0.15, 0.2) is 0 Å². The molecule has 98 valence electrons. The molecule has 1 saturated carbocycles. The first-order valence-corrected chi connectivity index (χ1v) is 7.86. The summed E-state index contributed by atoms with van der Waals surface area (Å²) < 4.78 is 0. The van der Waals surface area contributed by atoms with Crippen LogP contribution in [-0.2, 0) is 0 Å². The molecule has 0 unspecified atom stereocenters. The molecular formula is C16H34. The quantitative estimate of drug-likeness (QED) is 0.473. The minimum Gasteiger partial charge on any atom is -0.0683 e. The van der Waals surface area contributed by atoms with E-state index in [2.05, 4.69) is 13.8 Å². The van der Waals surface area contributed by atoms with Crippen LogP contribution in [0.3, 0.4) is 0 Å². The molecular weight excluding hydrogens is 192 g/mol. The Hall–Kier alpha value is 0. The van der Waals surface area contributed by atoms with Crippen LogP contribution in [0, 0.1) is 11.8 Å². The molecule has 0 nitrogen and oxygen atoms in total. The third kappa shape index (κ3) is 7.30. The zero-order valence-corrected chi connectivity index (χ0v) is 12.2. The third-order valence-electron chi connectivity index (χ3n) is 4.01. The monoisotopic (exact) mass is 226 g/mol. The number of unbranched alkanes of at least 4 members (excludes halogenated alkanes) is 3. The van der Waals surface area contributed by atoms with Gasteiger partial charge in [0.1, 0.15) is 0 Å². The van der Waals surface area contributed by atoms with Crippen molar-refractivity contribution in [3.63, 3.8) is 0 Å². The Morgan fingerprint density at radius 2 is 1.31 bits per heavy atom. The minimum absolute atomic E-state index is 1.07. The van der Waals surface area contributed by atoms with E-state index in [0.29, 0.717) is 0 Å². The summed E-state index contributed by atoms with van der Waals surface area (Å²) in [6.45, 7) is 8.65. The van der Waals surface area contributed by atoms with Crippen molar-refractivity contribution >= 4 is 0 Å². The van der Waals surface area contributed by atoms with Crippen molar-refractivity contribution in [1.29, 1.82) is 0 Å². The minimum atomic E-state index is 1.07. The maximum atomic E-state index is 2.35. The summed E-state index contributed by atoms with van der Waals surface area (Å²) in [4.78, 5) is 0. The van der Waals surface area contributed by atoms with Gasteiger partial charge >= 0.3 is 0 Å². The molecule has 0 amide bonds. The van der Waals surface area contributed by atoms with Crippen molar-refractivity contribution < 1.29 is 0 Å². The molecule has 1 aliphatic rings. The number of hydrogen-bond donors (Lipinski definition) is 0. The van der Waals surface area contributed by atoms with Gasteiger partial charge in [0.25, 0.3) is 0 Å². The van der Waals surface area contributed by atoms with Crippen LogP contribution in [0.5, 0.6) is 0 Å². The molecule has 1 fully saturated rings. The summed E-state index contributed by atoms with van der Waals surface area (Å²) in [5.41, 5.74) is 0. The van der Waals surface area contributed by atoms with Gasteiger partial charge in [0, 0.05) is 0 Å². The molecule has 16 heavy (non-hydrogen) atoms. The summed E-state index contributed by atoms with van der Waals surface area (Å²) in [5.74, 6) is 2.16. The van der Waals surface area contributed by atoms with Crippen LogP contribution in [0.1, 0.15) is 91.9 Å². The van der Waals surface area contributed by atoms with Crippen LogP contribution in [0.2, 0.25) is 0 Å². The summed E-state index contributed by atoms with van der Waals surface area (Å²) in [6.07, 6.45) is 14.9. The van der Waals surface area contributed by atoms with E-state index in [9.17, 15) is 0 Å². The largest absolute Gasteiger partial charge is 0.0683 e. The van der Waals surface area contributed by atoms with E-state index in [4.69, 9.17) is 0 Å². The van der Waals surface area contributed by atoms with Gasteiger partial charge in [-0.05, 0) is 11.8 Å². The molecule has 0 N–H and O–H groups in total. The lowest BCUT2D eigenvalue weighted by atomic mass is 9.79. The summed E-state index contributed by atoms with van der Waals surface area (Å²) in [6, 6.07) is 0. The molecule has 0 spiro atoms. The Labute approximate surface area is 104 Å². The van der Waals surface area contributed by atoms with E-state index in [-0.39, 0.29) is 0 Å². The SMILES string of the molecule is CC.CCCCCCC1CCC(CC)CC1. The van der Waals surface area contributed by atoms with Crippen molar-refractivity contribution in [2.24, 2.45) is 11.8 Å². The third-order valence-corrected chi connectivity index (χ3v) is 4.01. The maximum absolute atomic E-state index is 2.35. The smallest absolute Gasteiger partial charge is 0.0414 e. The Balaban J connectivity index is 0.00000106. The fourth-order valence-corrected chi connectivity index (χ4v) is 2.79. The molecule has 0 aliphatic heterocycles. The van der Waals surface area contributed by atoms with Crippen LogP contribution in [0.25, 0.3) is 0 Å². The second-order valence-corrected chi connectivity index (χ2v) is 5.14. The zero-order valence-electron chi connectivity index (χ0n) is 12.2. The van der Waals surface area contributed by atoms with Gasteiger partial charge in [-0.3, -0.25) is 0 Å². The molecule has 0 bridgehead atoms.